The highest BCUT2D eigenvalue weighted by Crippen LogP contribution is 2.29. The standard InChI is InChI=1S/C19H25NO/c1-13-6-9-19(21-5)17(10-13)18(20-4)12-16-8-7-14(2)15(3)11-16/h6-11,18,20H,12H2,1-5H3. The molecule has 0 aliphatic carbocycles. The Morgan fingerprint density at radius 2 is 1.76 bits per heavy atom. The van der Waals surface area contributed by atoms with Gasteiger partial charge < -0.3 is 10.1 Å². The van der Waals surface area contributed by atoms with Crippen molar-refractivity contribution in [2.24, 2.45) is 0 Å². The Morgan fingerprint density at radius 1 is 1.00 bits per heavy atom. The Labute approximate surface area is 128 Å². The second kappa shape index (κ2) is 6.77. The van der Waals surface area contributed by atoms with E-state index in [9.17, 15) is 0 Å². The van der Waals surface area contributed by atoms with Crippen LogP contribution in [0, 0.1) is 20.8 Å². The van der Waals surface area contributed by atoms with Crippen LogP contribution in [0.2, 0.25) is 0 Å². The average Bonchev–Trinajstić information content (AvgIpc) is 2.48. The molecule has 0 saturated carbocycles. The van der Waals surface area contributed by atoms with E-state index >= 15 is 0 Å². The van der Waals surface area contributed by atoms with Gasteiger partial charge in [0.2, 0.25) is 0 Å². The maximum Gasteiger partial charge on any atom is 0.123 e. The van der Waals surface area contributed by atoms with Crippen LogP contribution in [0.3, 0.4) is 0 Å². The van der Waals surface area contributed by atoms with Crippen LogP contribution in [-0.4, -0.2) is 14.2 Å². The summed E-state index contributed by atoms with van der Waals surface area (Å²) in [5.74, 6) is 0.948. The maximum atomic E-state index is 5.52. The summed E-state index contributed by atoms with van der Waals surface area (Å²) < 4.78 is 5.52. The number of nitrogens with one attached hydrogen (secondary N) is 1. The molecule has 2 rings (SSSR count). The largest absolute Gasteiger partial charge is 0.496 e. The van der Waals surface area contributed by atoms with Crippen molar-refractivity contribution in [3.8, 4) is 5.75 Å². The molecule has 2 aromatic carbocycles. The Hall–Kier alpha value is -1.80. The molecule has 0 saturated heterocycles. The monoisotopic (exact) mass is 283 g/mol. The molecule has 0 amide bonds. The van der Waals surface area contributed by atoms with E-state index in [0.29, 0.717) is 0 Å². The van der Waals surface area contributed by atoms with Gasteiger partial charge in [0.05, 0.1) is 7.11 Å². The normalized spacial score (nSPS) is 12.2. The summed E-state index contributed by atoms with van der Waals surface area (Å²) in [5.41, 5.74) is 6.51. The molecule has 2 heteroatoms. The van der Waals surface area contributed by atoms with Crippen LogP contribution in [0.1, 0.15) is 33.9 Å². The van der Waals surface area contributed by atoms with E-state index in [-0.39, 0.29) is 6.04 Å². The summed E-state index contributed by atoms with van der Waals surface area (Å²) in [6.45, 7) is 6.43. The molecule has 1 unspecified atom stereocenters. The van der Waals surface area contributed by atoms with E-state index in [1.54, 1.807) is 7.11 Å². The number of hydrogen-bond acceptors (Lipinski definition) is 2. The molecule has 0 aliphatic rings. The molecule has 0 spiro atoms. The predicted molar refractivity (Wildman–Crippen MR) is 89.2 cm³/mol. The molecule has 1 atom stereocenters. The fraction of sp³-hybridized carbons (Fsp3) is 0.368. The number of aryl methyl sites for hydroxylation is 3. The number of methoxy groups -OCH3 is 1. The number of hydrogen-bond donors (Lipinski definition) is 1. The van der Waals surface area contributed by atoms with Crippen molar-refractivity contribution in [2.45, 2.75) is 33.2 Å². The molecule has 0 radical (unpaired) electrons. The highest BCUT2D eigenvalue weighted by atomic mass is 16.5. The van der Waals surface area contributed by atoms with Crippen LogP contribution in [0.25, 0.3) is 0 Å². The summed E-state index contributed by atoms with van der Waals surface area (Å²) in [6.07, 6.45) is 0.956. The van der Waals surface area contributed by atoms with Gasteiger partial charge in [0.1, 0.15) is 5.75 Å². The number of ether oxygens (including phenoxy) is 1. The topological polar surface area (TPSA) is 21.3 Å². The van der Waals surface area contributed by atoms with Crippen molar-refractivity contribution in [3.63, 3.8) is 0 Å². The Kier molecular flexibility index (Phi) is 5.03. The molecule has 21 heavy (non-hydrogen) atoms. The van der Waals surface area contributed by atoms with Gasteiger partial charge in [-0.1, -0.05) is 35.9 Å². The van der Waals surface area contributed by atoms with E-state index < -0.39 is 0 Å². The van der Waals surface area contributed by atoms with Gasteiger partial charge >= 0.3 is 0 Å². The minimum Gasteiger partial charge on any atom is -0.496 e. The van der Waals surface area contributed by atoms with Gasteiger partial charge in [0.15, 0.2) is 0 Å². The lowest BCUT2D eigenvalue weighted by atomic mass is 9.95. The van der Waals surface area contributed by atoms with Crippen LogP contribution in [0.5, 0.6) is 5.75 Å². The first-order valence-corrected chi connectivity index (χ1v) is 7.43. The first-order chi connectivity index (χ1) is 10.0. The zero-order valence-electron chi connectivity index (χ0n) is 13.7. The van der Waals surface area contributed by atoms with Gasteiger partial charge in [-0.15, -0.1) is 0 Å². The van der Waals surface area contributed by atoms with Crippen molar-refractivity contribution < 1.29 is 4.74 Å². The minimum absolute atomic E-state index is 0.252. The van der Waals surface area contributed by atoms with E-state index in [1.165, 1.54) is 27.8 Å². The molecule has 0 bridgehead atoms. The van der Waals surface area contributed by atoms with Gasteiger partial charge in [-0.25, -0.2) is 0 Å². The molecule has 1 N–H and O–H groups in total. The zero-order chi connectivity index (χ0) is 15.4. The smallest absolute Gasteiger partial charge is 0.123 e. The molecule has 0 aromatic heterocycles. The highest BCUT2D eigenvalue weighted by Gasteiger charge is 2.15. The first-order valence-electron chi connectivity index (χ1n) is 7.43. The third-order valence-electron chi connectivity index (χ3n) is 4.12. The number of likely N-dealkylation sites (N-methyl/N-ethyl adjacent to an activating group) is 1. The van der Waals surface area contributed by atoms with Gasteiger partial charge in [-0.05, 0) is 57.0 Å². The van der Waals surface area contributed by atoms with E-state index in [1.807, 2.05) is 7.05 Å². The third kappa shape index (κ3) is 3.64. The Balaban J connectivity index is 2.31. The quantitative estimate of drug-likeness (QED) is 0.891. The lowest BCUT2D eigenvalue weighted by Crippen LogP contribution is -2.19. The van der Waals surface area contributed by atoms with Gasteiger partial charge in [0.25, 0.3) is 0 Å². The molecular formula is C19H25NO. The summed E-state index contributed by atoms with van der Waals surface area (Å²) >= 11 is 0. The van der Waals surface area contributed by atoms with Gasteiger partial charge in [-0.2, -0.15) is 0 Å². The lowest BCUT2D eigenvalue weighted by molar-refractivity contribution is 0.401. The van der Waals surface area contributed by atoms with E-state index in [2.05, 4.69) is 62.5 Å². The Morgan fingerprint density at radius 3 is 2.38 bits per heavy atom. The SMILES string of the molecule is CNC(Cc1ccc(C)c(C)c1)c1cc(C)ccc1OC. The molecule has 2 aromatic rings. The van der Waals surface area contributed by atoms with E-state index in [0.717, 1.165) is 12.2 Å². The zero-order valence-corrected chi connectivity index (χ0v) is 13.7. The van der Waals surface area contributed by atoms with Crippen LogP contribution in [-0.2, 0) is 6.42 Å². The first kappa shape index (κ1) is 15.6. The average molecular weight is 283 g/mol. The third-order valence-corrected chi connectivity index (χ3v) is 4.12. The molecule has 0 heterocycles. The maximum absolute atomic E-state index is 5.52. The van der Waals surface area contributed by atoms with Crippen molar-refractivity contribution in [3.05, 3.63) is 64.2 Å². The van der Waals surface area contributed by atoms with Gasteiger partial charge in [0, 0.05) is 11.6 Å². The van der Waals surface area contributed by atoms with Crippen LogP contribution >= 0.6 is 0 Å². The van der Waals surface area contributed by atoms with Gasteiger partial charge in [-0.3, -0.25) is 0 Å². The van der Waals surface area contributed by atoms with Crippen molar-refractivity contribution >= 4 is 0 Å². The molecule has 112 valence electrons. The predicted octanol–water partition coefficient (Wildman–Crippen LogP) is 4.12. The summed E-state index contributed by atoms with van der Waals surface area (Å²) in [6, 6.07) is 13.3. The molecule has 2 nitrogen and oxygen atoms in total. The molecule has 0 aliphatic heterocycles. The van der Waals surface area contributed by atoms with Crippen molar-refractivity contribution in [2.75, 3.05) is 14.2 Å². The van der Waals surface area contributed by atoms with Crippen LogP contribution in [0.15, 0.2) is 36.4 Å². The van der Waals surface area contributed by atoms with Crippen molar-refractivity contribution in [1.29, 1.82) is 0 Å². The molecule has 0 fully saturated rings. The summed E-state index contributed by atoms with van der Waals surface area (Å²) in [7, 11) is 3.74. The van der Waals surface area contributed by atoms with Crippen LogP contribution < -0.4 is 10.1 Å². The van der Waals surface area contributed by atoms with Crippen molar-refractivity contribution in [1.82, 2.24) is 5.32 Å². The second-order valence-electron chi connectivity index (χ2n) is 5.71. The fourth-order valence-corrected chi connectivity index (χ4v) is 2.66. The van der Waals surface area contributed by atoms with E-state index in [4.69, 9.17) is 4.74 Å². The molecular weight excluding hydrogens is 258 g/mol. The fourth-order valence-electron chi connectivity index (χ4n) is 2.66. The Bertz CT molecular complexity index is 619. The number of rotatable bonds is 5. The lowest BCUT2D eigenvalue weighted by Gasteiger charge is -2.20. The summed E-state index contributed by atoms with van der Waals surface area (Å²) in [5, 5.41) is 3.42. The second-order valence-corrected chi connectivity index (χ2v) is 5.71. The summed E-state index contributed by atoms with van der Waals surface area (Å²) in [4.78, 5) is 0. The number of benzene rings is 2. The van der Waals surface area contributed by atoms with Crippen LogP contribution in [0.4, 0.5) is 0 Å². The highest BCUT2D eigenvalue weighted by molar-refractivity contribution is 5.40. The minimum atomic E-state index is 0.252.